The largest absolute Gasteiger partial charge is 0.384 e. The fourth-order valence-corrected chi connectivity index (χ4v) is 3.17. The Morgan fingerprint density at radius 2 is 2.30 bits per heavy atom. The van der Waals surface area contributed by atoms with Gasteiger partial charge in [-0.05, 0) is 61.3 Å². The molecule has 0 aliphatic carbocycles. The standard InChI is InChI=1S/C14H20BrN3O2/c1-10-6-13(12(15)7-14(10)18(19)20)16-8-11-4-3-5-17(2)9-11/h6-7,11,16H,3-5,8-9H2,1-2H3. The van der Waals surface area contributed by atoms with Crippen LogP contribution in [0, 0.1) is 23.0 Å². The van der Waals surface area contributed by atoms with Gasteiger partial charge in [0.15, 0.2) is 0 Å². The molecule has 0 saturated carbocycles. The van der Waals surface area contributed by atoms with Crippen molar-refractivity contribution in [2.45, 2.75) is 19.8 Å². The van der Waals surface area contributed by atoms with E-state index in [1.807, 2.05) is 6.07 Å². The molecule has 6 heteroatoms. The van der Waals surface area contributed by atoms with Crippen LogP contribution in [0.1, 0.15) is 18.4 Å². The summed E-state index contributed by atoms with van der Waals surface area (Å²) in [6, 6.07) is 3.42. The summed E-state index contributed by atoms with van der Waals surface area (Å²) in [4.78, 5) is 12.9. The lowest BCUT2D eigenvalue weighted by Crippen LogP contribution is -2.35. The van der Waals surface area contributed by atoms with Crippen LogP contribution in [0.3, 0.4) is 0 Å². The van der Waals surface area contributed by atoms with Gasteiger partial charge >= 0.3 is 0 Å². The first-order valence-corrected chi connectivity index (χ1v) is 7.63. The van der Waals surface area contributed by atoms with Gasteiger partial charge in [-0.3, -0.25) is 10.1 Å². The highest BCUT2D eigenvalue weighted by Crippen LogP contribution is 2.31. The molecule has 5 nitrogen and oxygen atoms in total. The molecule has 2 rings (SSSR count). The van der Waals surface area contributed by atoms with Crippen molar-refractivity contribution in [3.8, 4) is 0 Å². The topological polar surface area (TPSA) is 58.4 Å². The molecule has 0 radical (unpaired) electrons. The van der Waals surface area contributed by atoms with Gasteiger partial charge in [0.25, 0.3) is 5.69 Å². The van der Waals surface area contributed by atoms with Crippen molar-refractivity contribution >= 4 is 27.3 Å². The molecule has 1 atom stereocenters. The summed E-state index contributed by atoms with van der Waals surface area (Å²) in [5.74, 6) is 0.635. The highest BCUT2D eigenvalue weighted by Gasteiger charge is 2.18. The normalized spacial score (nSPS) is 19.9. The smallest absolute Gasteiger partial charge is 0.273 e. The molecule has 1 N–H and O–H groups in total. The predicted octanol–water partition coefficient (Wildman–Crippen LogP) is 3.42. The van der Waals surface area contributed by atoms with Crippen LogP contribution in [0.4, 0.5) is 11.4 Å². The summed E-state index contributed by atoms with van der Waals surface area (Å²) >= 11 is 3.41. The number of hydrogen-bond donors (Lipinski definition) is 1. The monoisotopic (exact) mass is 341 g/mol. The molecule has 0 bridgehead atoms. The van der Waals surface area contributed by atoms with Crippen molar-refractivity contribution in [1.29, 1.82) is 0 Å². The molecule has 1 aromatic rings. The van der Waals surface area contributed by atoms with Gasteiger partial charge in [0, 0.05) is 34.9 Å². The average molecular weight is 342 g/mol. The van der Waals surface area contributed by atoms with E-state index in [9.17, 15) is 10.1 Å². The number of nitrogens with one attached hydrogen (secondary N) is 1. The first-order valence-electron chi connectivity index (χ1n) is 6.84. The van der Waals surface area contributed by atoms with Gasteiger partial charge in [0.2, 0.25) is 0 Å². The van der Waals surface area contributed by atoms with E-state index >= 15 is 0 Å². The maximum Gasteiger partial charge on any atom is 0.273 e. The number of nitro groups is 1. The Morgan fingerprint density at radius 1 is 1.55 bits per heavy atom. The Bertz CT molecular complexity index is 507. The van der Waals surface area contributed by atoms with E-state index in [0.717, 1.165) is 23.2 Å². The highest BCUT2D eigenvalue weighted by molar-refractivity contribution is 9.10. The number of hydrogen-bond acceptors (Lipinski definition) is 4. The van der Waals surface area contributed by atoms with Crippen LogP contribution < -0.4 is 5.32 Å². The summed E-state index contributed by atoms with van der Waals surface area (Å²) in [6.45, 7) is 4.96. The van der Waals surface area contributed by atoms with Gasteiger partial charge < -0.3 is 10.2 Å². The molecule has 20 heavy (non-hydrogen) atoms. The molecule has 1 saturated heterocycles. The Kier molecular flexibility index (Phi) is 4.99. The summed E-state index contributed by atoms with van der Waals surface area (Å²) in [6.07, 6.45) is 2.48. The predicted molar refractivity (Wildman–Crippen MR) is 84.2 cm³/mol. The van der Waals surface area contributed by atoms with Gasteiger partial charge in [0.1, 0.15) is 0 Å². The fourth-order valence-electron chi connectivity index (χ4n) is 2.70. The van der Waals surface area contributed by atoms with Gasteiger partial charge in [-0.2, -0.15) is 0 Å². The van der Waals surface area contributed by atoms with E-state index < -0.39 is 0 Å². The summed E-state index contributed by atoms with van der Waals surface area (Å²) in [5, 5.41) is 14.3. The number of likely N-dealkylation sites (tertiary alicyclic amines) is 1. The van der Waals surface area contributed by atoms with Gasteiger partial charge in [-0.15, -0.1) is 0 Å². The van der Waals surface area contributed by atoms with E-state index in [4.69, 9.17) is 0 Å². The second-order valence-electron chi connectivity index (χ2n) is 5.53. The molecule has 1 aliphatic heterocycles. The second-order valence-corrected chi connectivity index (χ2v) is 6.38. The van der Waals surface area contributed by atoms with E-state index in [1.54, 1.807) is 13.0 Å². The third-order valence-electron chi connectivity index (χ3n) is 3.79. The molecule has 1 aliphatic rings. The SMILES string of the molecule is Cc1cc(NCC2CCCN(C)C2)c(Br)cc1[N+](=O)[O-]. The maximum atomic E-state index is 10.9. The Hall–Kier alpha value is -1.14. The minimum absolute atomic E-state index is 0.153. The molecule has 0 aromatic heterocycles. The van der Waals surface area contributed by atoms with Crippen LogP contribution in [0.2, 0.25) is 0 Å². The second kappa shape index (κ2) is 6.54. The summed E-state index contributed by atoms with van der Waals surface area (Å²) in [7, 11) is 2.15. The van der Waals surface area contributed by atoms with Crippen LogP contribution in [-0.4, -0.2) is 36.5 Å². The zero-order valence-corrected chi connectivity index (χ0v) is 13.4. The zero-order chi connectivity index (χ0) is 14.7. The number of anilines is 1. The van der Waals surface area contributed by atoms with Crippen molar-refractivity contribution in [2.75, 3.05) is 32.0 Å². The van der Waals surface area contributed by atoms with E-state index in [2.05, 4.69) is 33.2 Å². The maximum absolute atomic E-state index is 10.9. The van der Waals surface area contributed by atoms with Crippen molar-refractivity contribution in [3.63, 3.8) is 0 Å². The Labute approximate surface area is 127 Å². The first kappa shape index (κ1) is 15.3. The fraction of sp³-hybridized carbons (Fsp3) is 0.571. The van der Waals surface area contributed by atoms with Gasteiger partial charge in [-0.1, -0.05) is 0 Å². The first-order chi connectivity index (χ1) is 9.47. The number of benzene rings is 1. The van der Waals surface area contributed by atoms with Crippen LogP contribution in [0.5, 0.6) is 0 Å². The number of nitrogens with zero attached hydrogens (tertiary/aromatic N) is 2. The number of piperidine rings is 1. The van der Waals surface area contributed by atoms with Crippen LogP contribution in [0.15, 0.2) is 16.6 Å². The van der Waals surface area contributed by atoms with Gasteiger partial charge in [0.05, 0.1) is 4.92 Å². The third kappa shape index (κ3) is 3.70. The minimum atomic E-state index is -0.347. The molecule has 1 heterocycles. The Balaban J connectivity index is 2.02. The molecule has 0 spiro atoms. The lowest BCUT2D eigenvalue weighted by molar-refractivity contribution is -0.385. The van der Waals surface area contributed by atoms with E-state index in [-0.39, 0.29) is 10.6 Å². The Morgan fingerprint density at radius 3 is 2.95 bits per heavy atom. The van der Waals surface area contributed by atoms with Crippen molar-refractivity contribution in [2.24, 2.45) is 5.92 Å². The quantitative estimate of drug-likeness (QED) is 0.673. The zero-order valence-electron chi connectivity index (χ0n) is 11.9. The van der Waals surface area contributed by atoms with Crippen LogP contribution in [0.25, 0.3) is 0 Å². The average Bonchev–Trinajstić information content (AvgIpc) is 2.39. The van der Waals surface area contributed by atoms with Crippen LogP contribution in [-0.2, 0) is 0 Å². The number of rotatable bonds is 4. The van der Waals surface area contributed by atoms with Crippen molar-refractivity contribution in [1.82, 2.24) is 4.90 Å². The molecule has 1 aromatic carbocycles. The molecule has 0 amide bonds. The molecule has 1 unspecified atom stereocenters. The van der Waals surface area contributed by atoms with Gasteiger partial charge in [-0.25, -0.2) is 0 Å². The number of aryl methyl sites for hydroxylation is 1. The lowest BCUT2D eigenvalue weighted by Gasteiger charge is -2.30. The summed E-state index contributed by atoms with van der Waals surface area (Å²) in [5.41, 5.74) is 1.77. The number of nitro benzene ring substituents is 1. The van der Waals surface area contributed by atoms with E-state index in [0.29, 0.717) is 11.5 Å². The van der Waals surface area contributed by atoms with Crippen molar-refractivity contribution < 1.29 is 4.92 Å². The third-order valence-corrected chi connectivity index (χ3v) is 4.44. The molecule has 1 fully saturated rings. The molecular formula is C14H20BrN3O2. The molecule has 110 valence electrons. The summed E-state index contributed by atoms with van der Waals surface area (Å²) < 4.78 is 0.749. The van der Waals surface area contributed by atoms with Crippen LogP contribution >= 0.6 is 15.9 Å². The highest BCUT2D eigenvalue weighted by atomic mass is 79.9. The lowest BCUT2D eigenvalue weighted by atomic mass is 9.98. The van der Waals surface area contributed by atoms with Crippen molar-refractivity contribution in [3.05, 3.63) is 32.3 Å². The van der Waals surface area contributed by atoms with E-state index in [1.165, 1.54) is 19.4 Å². The number of halogens is 1. The molecular weight excluding hydrogens is 322 g/mol. The minimum Gasteiger partial charge on any atom is -0.384 e.